The SMILES string of the molecule is COc1cc2c(cc1OC)[C@@H](COc1ccccc1OC)N(C(=O)C1CCCCC1)CC2. The molecule has 6 nitrogen and oxygen atoms in total. The van der Waals surface area contributed by atoms with E-state index in [-0.39, 0.29) is 17.9 Å². The number of rotatable bonds is 7. The highest BCUT2D eigenvalue weighted by atomic mass is 16.5. The molecule has 1 saturated carbocycles. The number of hydrogen-bond acceptors (Lipinski definition) is 5. The number of benzene rings is 2. The van der Waals surface area contributed by atoms with Gasteiger partial charge in [-0.2, -0.15) is 0 Å². The zero-order chi connectivity index (χ0) is 22.5. The second kappa shape index (κ2) is 10.2. The van der Waals surface area contributed by atoms with E-state index in [1.165, 1.54) is 12.0 Å². The fourth-order valence-electron chi connectivity index (χ4n) is 4.96. The van der Waals surface area contributed by atoms with Crippen molar-refractivity contribution < 1.29 is 23.7 Å². The topological polar surface area (TPSA) is 57.2 Å². The summed E-state index contributed by atoms with van der Waals surface area (Å²) >= 11 is 0. The average Bonchev–Trinajstić information content (AvgIpc) is 2.86. The molecule has 32 heavy (non-hydrogen) atoms. The molecule has 2 aromatic carbocycles. The maximum absolute atomic E-state index is 13.6. The van der Waals surface area contributed by atoms with Gasteiger partial charge in [0.05, 0.1) is 27.4 Å². The van der Waals surface area contributed by atoms with Crippen LogP contribution in [0.3, 0.4) is 0 Å². The number of carbonyl (C=O) groups is 1. The molecule has 0 spiro atoms. The Morgan fingerprint density at radius 2 is 1.56 bits per heavy atom. The van der Waals surface area contributed by atoms with Gasteiger partial charge in [0, 0.05) is 12.5 Å². The quantitative estimate of drug-likeness (QED) is 0.620. The number of para-hydroxylation sites is 2. The van der Waals surface area contributed by atoms with Gasteiger partial charge in [-0.15, -0.1) is 0 Å². The van der Waals surface area contributed by atoms with E-state index < -0.39 is 0 Å². The molecule has 1 aliphatic carbocycles. The third-order valence-electron chi connectivity index (χ3n) is 6.71. The number of fused-ring (bicyclic) bond motifs is 1. The van der Waals surface area contributed by atoms with E-state index in [9.17, 15) is 4.79 Å². The van der Waals surface area contributed by atoms with Crippen LogP contribution in [0.2, 0.25) is 0 Å². The summed E-state index contributed by atoms with van der Waals surface area (Å²) in [7, 11) is 4.92. The Hall–Kier alpha value is -2.89. The van der Waals surface area contributed by atoms with Gasteiger partial charge in [0.15, 0.2) is 23.0 Å². The summed E-state index contributed by atoms with van der Waals surface area (Å²) in [5, 5.41) is 0. The van der Waals surface area contributed by atoms with Crippen molar-refractivity contribution in [3.05, 3.63) is 47.5 Å². The molecule has 0 bridgehead atoms. The van der Waals surface area contributed by atoms with Crippen molar-refractivity contribution in [2.75, 3.05) is 34.5 Å². The molecular formula is C26H33NO5. The van der Waals surface area contributed by atoms with Crippen LogP contribution in [-0.2, 0) is 11.2 Å². The van der Waals surface area contributed by atoms with Gasteiger partial charge in [0.2, 0.25) is 5.91 Å². The van der Waals surface area contributed by atoms with Gasteiger partial charge in [-0.3, -0.25) is 4.79 Å². The monoisotopic (exact) mass is 439 g/mol. The van der Waals surface area contributed by atoms with Crippen molar-refractivity contribution >= 4 is 5.91 Å². The Labute approximate surface area is 190 Å². The van der Waals surface area contributed by atoms with E-state index in [0.29, 0.717) is 36.1 Å². The van der Waals surface area contributed by atoms with E-state index in [1.54, 1.807) is 21.3 Å². The first kappa shape index (κ1) is 22.3. The molecule has 0 aromatic heterocycles. The number of methoxy groups -OCH3 is 3. The highest BCUT2D eigenvalue weighted by Crippen LogP contribution is 2.40. The van der Waals surface area contributed by atoms with E-state index in [4.69, 9.17) is 18.9 Å². The van der Waals surface area contributed by atoms with Gasteiger partial charge >= 0.3 is 0 Å². The van der Waals surface area contributed by atoms with Gasteiger partial charge < -0.3 is 23.8 Å². The molecule has 2 aliphatic rings. The highest BCUT2D eigenvalue weighted by molar-refractivity contribution is 5.80. The van der Waals surface area contributed by atoms with Crippen molar-refractivity contribution in [3.63, 3.8) is 0 Å². The van der Waals surface area contributed by atoms with Crippen molar-refractivity contribution in [1.82, 2.24) is 4.90 Å². The molecule has 2 aromatic rings. The zero-order valence-corrected chi connectivity index (χ0v) is 19.3. The Kier molecular flexibility index (Phi) is 7.08. The molecule has 172 valence electrons. The third-order valence-corrected chi connectivity index (χ3v) is 6.71. The van der Waals surface area contributed by atoms with Crippen molar-refractivity contribution in [1.29, 1.82) is 0 Å². The van der Waals surface area contributed by atoms with Crippen LogP contribution < -0.4 is 18.9 Å². The number of hydrogen-bond donors (Lipinski definition) is 0. The summed E-state index contributed by atoms with van der Waals surface area (Å²) in [6.45, 7) is 1.03. The van der Waals surface area contributed by atoms with Gasteiger partial charge in [0.25, 0.3) is 0 Å². The Morgan fingerprint density at radius 1 is 0.906 bits per heavy atom. The number of amides is 1. The van der Waals surface area contributed by atoms with E-state index >= 15 is 0 Å². The van der Waals surface area contributed by atoms with Gasteiger partial charge in [0.1, 0.15) is 6.61 Å². The third kappa shape index (κ3) is 4.50. The summed E-state index contributed by atoms with van der Waals surface area (Å²) in [6.07, 6.45) is 6.24. The van der Waals surface area contributed by atoms with Crippen LogP contribution in [0.5, 0.6) is 23.0 Å². The first-order chi connectivity index (χ1) is 15.7. The molecular weight excluding hydrogens is 406 g/mol. The zero-order valence-electron chi connectivity index (χ0n) is 19.3. The maximum Gasteiger partial charge on any atom is 0.226 e. The molecule has 0 radical (unpaired) electrons. The van der Waals surface area contributed by atoms with Crippen LogP contribution in [0.1, 0.15) is 49.3 Å². The van der Waals surface area contributed by atoms with Crippen LogP contribution in [0, 0.1) is 5.92 Å². The molecule has 1 heterocycles. The first-order valence-corrected chi connectivity index (χ1v) is 11.5. The van der Waals surface area contributed by atoms with Gasteiger partial charge in [-0.25, -0.2) is 0 Å². The molecule has 0 saturated heterocycles. The fourth-order valence-corrected chi connectivity index (χ4v) is 4.96. The largest absolute Gasteiger partial charge is 0.493 e. The minimum absolute atomic E-state index is 0.110. The van der Waals surface area contributed by atoms with E-state index in [1.807, 2.05) is 41.3 Å². The van der Waals surface area contributed by atoms with Crippen LogP contribution in [0.25, 0.3) is 0 Å². The molecule has 0 unspecified atom stereocenters. The minimum Gasteiger partial charge on any atom is -0.493 e. The van der Waals surface area contributed by atoms with Crippen molar-refractivity contribution in [2.24, 2.45) is 5.92 Å². The van der Waals surface area contributed by atoms with Crippen LogP contribution in [0.15, 0.2) is 36.4 Å². The van der Waals surface area contributed by atoms with E-state index in [0.717, 1.165) is 37.7 Å². The molecule has 1 aliphatic heterocycles. The van der Waals surface area contributed by atoms with Crippen molar-refractivity contribution in [2.45, 2.75) is 44.6 Å². The Morgan fingerprint density at radius 3 is 2.25 bits per heavy atom. The normalized spacial score (nSPS) is 18.6. The number of nitrogens with zero attached hydrogens (tertiary/aromatic N) is 1. The van der Waals surface area contributed by atoms with Crippen LogP contribution >= 0.6 is 0 Å². The fraction of sp³-hybridized carbons (Fsp3) is 0.500. The average molecular weight is 440 g/mol. The molecule has 6 heteroatoms. The molecule has 1 fully saturated rings. The predicted molar refractivity (Wildman–Crippen MR) is 123 cm³/mol. The molecule has 0 N–H and O–H groups in total. The molecule has 1 atom stereocenters. The second-order valence-corrected chi connectivity index (χ2v) is 8.50. The molecule has 1 amide bonds. The summed E-state index contributed by atoms with van der Waals surface area (Å²) in [6, 6.07) is 11.5. The lowest BCUT2D eigenvalue weighted by Crippen LogP contribution is -2.45. The first-order valence-electron chi connectivity index (χ1n) is 11.5. The van der Waals surface area contributed by atoms with Crippen molar-refractivity contribution in [3.8, 4) is 23.0 Å². The van der Waals surface area contributed by atoms with Gasteiger partial charge in [-0.05, 0) is 54.7 Å². The smallest absolute Gasteiger partial charge is 0.226 e. The lowest BCUT2D eigenvalue weighted by Gasteiger charge is -2.40. The lowest BCUT2D eigenvalue weighted by atomic mass is 9.86. The summed E-state index contributed by atoms with van der Waals surface area (Å²) in [4.78, 5) is 15.6. The minimum atomic E-state index is -0.196. The summed E-state index contributed by atoms with van der Waals surface area (Å²) in [5.41, 5.74) is 2.23. The number of ether oxygens (including phenoxy) is 4. The van der Waals surface area contributed by atoms with E-state index in [2.05, 4.69) is 0 Å². The Balaban J connectivity index is 1.66. The summed E-state index contributed by atoms with van der Waals surface area (Å²) in [5.74, 6) is 3.09. The molecule has 4 rings (SSSR count). The van der Waals surface area contributed by atoms with Gasteiger partial charge in [-0.1, -0.05) is 31.4 Å². The maximum atomic E-state index is 13.6. The standard InChI is InChI=1S/C26H33NO5/c1-29-22-11-7-8-12-23(22)32-17-21-20-16-25(31-3)24(30-2)15-19(20)13-14-27(21)26(28)18-9-5-4-6-10-18/h7-8,11-12,15-16,18,21H,4-6,9-10,13-14,17H2,1-3H3/t21-/m1/s1. The predicted octanol–water partition coefficient (Wildman–Crippen LogP) is 4.80. The number of carbonyl (C=O) groups excluding carboxylic acids is 1. The lowest BCUT2D eigenvalue weighted by molar-refractivity contribution is -0.140. The Bertz CT molecular complexity index is 938. The summed E-state index contributed by atoms with van der Waals surface area (Å²) < 4.78 is 22.8. The van der Waals surface area contributed by atoms with Crippen LogP contribution in [0.4, 0.5) is 0 Å². The second-order valence-electron chi connectivity index (χ2n) is 8.50. The van der Waals surface area contributed by atoms with Crippen LogP contribution in [-0.4, -0.2) is 45.3 Å². The highest BCUT2D eigenvalue weighted by Gasteiger charge is 2.36.